The lowest BCUT2D eigenvalue weighted by Gasteiger charge is -2.34. The van der Waals surface area contributed by atoms with Gasteiger partial charge in [0.05, 0.1) is 0 Å². The van der Waals surface area contributed by atoms with Crippen molar-refractivity contribution in [2.75, 3.05) is 12.4 Å². The zero-order valence-electron chi connectivity index (χ0n) is 12.8. The first-order chi connectivity index (χ1) is 9.61. The van der Waals surface area contributed by atoms with Gasteiger partial charge in [-0.3, -0.25) is 4.79 Å². The van der Waals surface area contributed by atoms with Gasteiger partial charge in [0.25, 0.3) is 5.91 Å². The predicted octanol–water partition coefficient (Wildman–Crippen LogP) is 3.67. The Bertz CT molecular complexity index is 439. The van der Waals surface area contributed by atoms with Gasteiger partial charge in [0, 0.05) is 24.3 Å². The van der Waals surface area contributed by atoms with Crippen LogP contribution in [0.15, 0.2) is 24.3 Å². The molecule has 2 unspecified atom stereocenters. The van der Waals surface area contributed by atoms with E-state index in [0.717, 1.165) is 17.7 Å². The molecule has 3 heteroatoms. The van der Waals surface area contributed by atoms with Crippen molar-refractivity contribution in [1.82, 2.24) is 5.32 Å². The van der Waals surface area contributed by atoms with Crippen LogP contribution in [0.4, 0.5) is 5.69 Å². The Morgan fingerprint density at radius 3 is 2.40 bits per heavy atom. The molecule has 2 rings (SSSR count). The maximum atomic E-state index is 12.3. The van der Waals surface area contributed by atoms with Crippen molar-refractivity contribution in [2.24, 2.45) is 11.8 Å². The summed E-state index contributed by atoms with van der Waals surface area (Å²) >= 11 is 0. The van der Waals surface area contributed by atoms with E-state index in [2.05, 4.69) is 24.5 Å². The van der Waals surface area contributed by atoms with Crippen LogP contribution >= 0.6 is 0 Å². The zero-order chi connectivity index (χ0) is 14.5. The summed E-state index contributed by atoms with van der Waals surface area (Å²) in [4.78, 5) is 12.3. The van der Waals surface area contributed by atoms with E-state index in [0.29, 0.717) is 17.9 Å². The number of benzene rings is 1. The van der Waals surface area contributed by atoms with Crippen LogP contribution in [0.1, 0.15) is 49.9 Å². The molecule has 2 N–H and O–H groups in total. The normalized spacial score (nSPS) is 22.6. The average molecular weight is 274 g/mol. The van der Waals surface area contributed by atoms with Gasteiger partial charge in [0.2, 0.25) is 0 Å². The fourth-order valence-electron chi connectivity index (χ4n) is 3.18. The van der Waals surface area contributed by atoms with E-state index in [1.807, 2.05) is 31.3 Å². The van der Waals surface area contributed by atoms with E-state index in [1.54, 1.807) is 0 Å². The number of hydrogen-bond donors (Lipinski definition) is 2. The maximum Gasteiger partial charge on any atom is 0.251 e. The number of nitrogens with one attached hydrogen (secondary N) is 2. The summed E-state index contributed by atoms with van der Waals surface area (Å²) < 4.78 is 0. The first kappa shape index (κ1) is 14.9. The number of carbonyl (C=O) groups excluding carboxylic acids is 1. The van der Waals surface area contributed by atoms with Crippen LogP contribution in [-0.2, 0) is 0 Å². The molecule has 1 aromatic rings. The molecule has 1 aliphatic carbocycles. The van der Waals surface area contributed by atoms with Gasteiger partial charge in [-0.15, -0.1) is 0 Å². The Morgan fingerprint density at radius 2 is 1.80 bits per heavy atom. The molecule has 0 aromatic heterocycles. The van der Waals surface area contributed by atoms with Gasteiger partial charge >= 0.3 is 0 Å². The molecule has 1 fully saturated rings. The number of anilines is 1. The van der Waals surface area contributed by atoms with Crippen molar-refractivity contribution in [3.8, 4) is 0 Å². The molecule has 0 aliphatic heterocycles. The molecular formula is C17H26N2O. The Labute approximate surface area is 122 Å². The minimum Gasteiger partial charge on any atom is -0.388 e. The van der Waals surface area contributed by atoms with E-state index < -0.39 is 0 Å². The molecule has 110 valence electrons. The van der Waals surface area contributed by atoms with Crippen LogP contribution in [-0.4, -0.2) is 19.0 Å². The van der Waals surface area contributed by atoms with Crippen LogP contribution < -0.4 is 10.6 Å². The quantitative estimate of drug-likeness (QED) is 0.879. The van der Waals surface area contributed by atoms with E-state index >= 15 is 0 Å². The molecule has 2 atom stereocenters. The van der Waals surface area contributed by atoms with Gasteiger partial charge < -0.3 is 10.6 Å². The molecule has 0 saturated heterocycles. The Kier molecular flexibility index (Phi) is 5.05. The van der Waals surface area contributed by atoms with Crippen molar-refractivity contribution < 1.29 is 4.79 Å². The Balaban J connectivity index is 2.01. The lowest BCUT2D eigenvalue weighted by atomic mass is 9.78. The second-order valence-electron chi connectivity index (χ2n) is 6.10. The van der Waals surface area contributed by atoms with Gasteiger partial charge in [-0.05, 0) is 48.9 Å². The Morgan fingerprint density at radius 1 is 1.15 bits per heavy atom. The molecule has 1 aliphatic rings. The highest BCUT2D eigenvalue weighted by Crippen LogP contribution is 2.30. The molecule has 0 spiro atoms. The third-order valence-corrected chi connectivity index (χ3v) is 4.43. The van der Waals surface area contributed by atoms with Gasteiger partial charge in [0.15, 0.2) is 0 Å². The maximum absolute atomic E-state index is 12.3. The topological polar surface area (TPSA) is 41.1 Å². The fraction of sp³-hybridized carbons (Fsp3) is 0.588. The van der Waals surface area contributed by atoms with Crippen LogP contribution in [0.25, 0.3) is 0 Å². The number of hydrogen-bond acceptors (Lipinski definition) is 2. The van der Waals surface area contributed by atoms with Crippen LogP contribution in [0.2, 0.25) is 0 Å². The molecule has 3 nitrogen and oxygen atoms in total. The summed E-state index contributed by atoms with van der Waals surface area (Å²) in [5, 5.41) is 6.31. The van der Waals surface area contributed by atoms with Gasteiger partial charge in [-0.1, -0.05) is 26.7 Å². The highest BCUT2D eigenvalue weighted by molar-refractivity contribution is 5.94. The van der Waals surface area contributed by atoms with Crippen molar-refractivity contribution in [2.45, 2.75) is 45.6 Å². The van der Waals surface area contributed by atoms with Crippen molar-refractivity contribution in [3.63, 3.8) is 0 Å². The lowest BCUT2D eigenvalue weighted by molar-refractivity contribution is 0.0889. The molecule has 1 saturated carbocycles. The number of amides is 1. The molecule has 0 bridgehead atoms. The van der Waals surface area contributed by atoms with Crippen LogP contribution in [0.5, 0.6) is 0 Å². The van der Waals surface area contributed by atoms with Gasteiger partial charge in [0.1, 0.15) is 0 Å². The molecule has 1 amide bonds. The molecule has 0 heterocycles. The zero-order valence-corrected chi connectivity index (χ0v) is 12.8. The number of carbonyl (C=O) groups is 1. The molecule has 0 radical (unpaired) electrons. The third kappa shape index (κ3) is 3.53. The SMILES string of the molecule is CNc1ccc(C(=O)NC2CCCCC2C(C)C)cc1. The van der Waals surface area contributed by atoms with E-state index in [4.69, 9.17) is 0 Å². The summed E-state index contributed by atoms with van der Waals surface area (Å²) in [5.74, 6) is 1.31. The minimum absolute atomic E-state index is 0.0604. The van der Waals surface area contributed by atoms with E-state index in [9.17, 15) is 4.79 Å². The summed E-state index contributed by atoms with van der Waals surface area (Å²) in [5.41, 5.74) is 1.77. The molecule has 1 aromatic carbocycles. The van der Waals surface area contributed by atoms with Gasteiger partial charge in [-0.25, -0.2) is 0 Å². The fourth-order valence-corrected chi connectivity index (χ4v) is 3.18. The first-order valence-electron chi connectivity index (χ1n) is 7.70. The first-order valence-corrected chi connectivity index (χ1v) is 7.70. The standard InChI is InChI=1S/C17H26N2O/c1-12(2)15-6-4-5-7-16(15)19-17(20)13-8-10-14(18-3)11-9-13/h8-12,15-16,18H,4-7H2,1-3H3,(H,19,20). The smallest absolute Gasteiger partial charge is 0.251 e. The second kappa shape index (κ2) is 6.78. The van der Waals surface area contributed by atoms with Crippen LogP contribution in [0, 0.1) is 11.8 Å². The average Bonchev–Trinajstić information content (AvgIpc) is 2.47. The summed E-state index contributed by atoms with van der Waals surface area (Å²) in [6.07, 6.45) is 4.88. The third-order valence-electron chi connectivity index (χ3n) is 4.43. The predicted molar refractivity (Wildman–Crippen MR) is 84.0 cm³/mol. The van der Waals surface area contributed by atoms with E-state index in [-0.39, 0.29) is 5.91 Å². The highest BCUT2D eigenvalue weighted by atomic mass is 16.1. The summed E-state index contributed by atoms with van der Waals surface area (Å²) in [7, 11) is 1.88. The molecular weight excluding hydrogens is 248 g/mol. The number of rotatable bonds is 4. The lowest BCUT2D eigenvalue weighted by Crippen LogP contribution is -2.43. The summed E-state index contributed by atoms with van der Waals surface area (Å²) in [6, 6.07) is 7.98. The summed E-state index contributed by atoms with van der Waals surface area (Å²) in [6.45, 7) is 4.52. The van der Waals surface area contributed by atoms with Crippen molar-refractivity contribution >= 4 is 11.6 Å². The van der Waals surface area contributed by atoms with Gasteiger partial charge in [-0.2, -0.15) is 0 Å². The second-order valence-corrected chi connectivity index (χ2v) is 6.10. The molecule has 20 heavy (non-hydrogen) atoms. The van der Waals surface area contributed by atoms with Crippen molar-refractivity contribution in [3.05, 3.63) is 29.8 Å². The Hall–Kier alpha value is -1.51. The highest BCUT2D eigenvalue weighted by Gasteiger charge is 2.28. The monoisotopic (exact) mass is 274 g/mol. The van der Waals surface area contributed by atoms with E-state index in [1.165, 1.54) is 19.3 Å². The van der Waals surface area contributed by atoms with Crippen LogP contribution in [0.3, 0.4) is 0 Å². The minimum atomic E-state index is 0.0604. The largest absolute Gasteiger partial charge is 0.388 e. The van der Waals surface area contributed by atoms with Crippen molar-refractivity contribution in [1.29, 1.82) is 0 Å².